The molecule has 134 valence electrons. The minimum absolute atomic E-state index is 0.0312. The maximum Gasteiger partial charge on any atom is 0.261 e. The average molecular weight is 381 g/mol. The second-order valence-electron chi connectivity index (χ2n) is 5.60. The van der Waals surface area contributed by atoms with Gasteiger partial charge in [-0.15, -0.1) is 0 Å². The third kappa shape index (κ3) is 5.76. The lowest BCUT2D eigenvalue weighted by atomic mass is 10.2. The molecule has 0 spiro atoms. The lowest BCUT2D eigenvalue weighted by Gasteiger charge is -2.10. The molecule has 0 aromatic heterocycles. The fourth-order valence-corrected chi connectivity index (χ4v) is 3.45. The van der Waals surface area contributed by atoms with Crippen molar-refractivity contribution in [1.29, 1.82) is 0 Å². The van der Waals surface area contributed by atoms with E-state index in [9.17, 15) is 13.2 Å². The summed E-state index contributed by atoms with van der Waals surface area (Å²) in [7, 11) is -3.78. The van der Waals surface area contributed by atoms with Gasteiger partial charge in [-0.2, -0.15) is 0 Å². The zero-order valence-corrected chi connectivity index (χ0v) is 15.5. The van der Waals surface area contributed by atoms with E-state index in [-0.39, 0.29) is 10.8 Å². The van der Waals surface area contributed by atoms with E-state index in [1.54, 1.807) is 36.4 Å². The predicted molar refractivity (Wildman–Crippen MR) is 101 cm³/mol. The number of carbonyl (C=O) groups is 1. The molecule has 2 rings (SSSR count). The molecule has 2 aromatic rings. The first-order valence-corrected chi connectivity index (χ1v) is 9.95. The van der Waals surface area contributed by atoms with Crippen molar-refractivity contribution in [2.45, 2.75) is 31.1 Å². The van der Waals surface area contributed by atoms with E-state index in [2.05, 4.69) is 17.0 Å². The van der Waals surface area contributed by atoms with Gasteiger partial charge in [0, 0.05) is 22.8 Å². The number of halogens is 1. The molecular formula is C18H21ClN2O3S. The van der Waals surface area contributed by atoms with Crippen LogP contribution in [0.15, 0.2) is 53.4 Å². The summed E-state index contributed by atoms with van der Waals surface area (Å²) in [6.07, 6.45) is 3.01. The lowest BCUT2D eigenvalue weighted by Crippen LogP contribution is -2.24. The smallest absolute Gasteiger partial charge is 0.261 e. The molecule has 0 aliphatic rings. The Morgan fingerprint density at radius 3 is 2.48 bits per heavy atom. The molecule has 1 amide bonds. The fraction of sp³-hybridized carbons (Fsp3) is 0.278. The Balaban J connectivity index is 2.10. The van der Waals surface area contributed by atoms with Crippen LogP contribution in [-0.4, -0.2) is 20.9 Å². The van der Waals surface area contributed by atoms with Crippen LogP contribution in [0.3, 0.4) is 0 Å². The highest BCUT2D eigenvalue weighted by atomic mass is 35.5. The van der Waals surface area contributed by atoms with Gasteiger partial charge in [-0.1, -0.05) is 37.4 Å². The number of hydrogen-bond donors (Lipinski definition) is 2. The van der Waals surface area contributed by atoms with Crippen molar-refractivity contribution in [3.05, 3.63) is 59.1 Å². The molecule has 0 radical (unpaired) electrons. The molecule has 0 bridgehead atoms. The van der Waals surface area contributed by atoms with Gasteiger partial charge in [0.15, 0.2) is 0 Å². The Kier molecular flexibility index (Phi) is 6.84. The molecule has 25 heavy (non-hydrogen) atoms. The molecule has 0 fully saturated rings. The summed E-state index contributed by atoms with van der Waals surface area (Å²) in [5.74, 6) is -0.278. The van der Waals surface area contributed by atoms with E-state index in [1.807, 2.05) is 0 Å². The molecule has 0 aliphatic carbocycles. The van der Waals surface area contributed by atoms with E-state index in [1.165, 1.54) is 12.1 Å². The number of unbranched alkanes of at least 4 members (excludes halogenated alkanes) is 2. The van der Waals surface area contributed by atoms with Gasteiger partial charge in [0.25, 0.3) is 15.9 Å². The first-order chi connectivity index (χ1) is 11.9. The van der Waals surface area contributed by atoms with E-state index in [4.69, 9.17) is 11.6 Å². The Hall–Kier alpha value is -2.05. The standard InChI is InChI=1S/C18H21ClN2O3S/c1-2-3-4-12-20-18(22)14-6-5-7-17(13-14)25(23,24)21-16-10-8-15(19)9-11-16/h5-11,13,21H,2-4,12H2,1H3,(H,20,22). The molecule has 2 N–H and O–H groups in total. The Morgan fingerprint density at radius 1 is 1.08 bits per heavy atom. The van der Waals surface area contributed by atoms with Crippen molar-refractivity contribution < 1.29 is 13.2 Å². The summed E-state index contributed by atoms with van der Waals surface area (Å²) in [6, 6.07) is 12.3. The van der Waals surface area contributed by atoms with Crippen LogP contribution in [0.4, 0.5) is 5.69 Å². The predicted octanol–water partition coefficient (Wildman–Crippen LogP) is 4.06. The second kappa shape index (κ2) is 8.87. The summed E-state index contributed by atoms with van der Waals surface area (Å²) < 4.78 is 27.4. The molecule has 0 unspecified atom stereocenters. The maximum absolute atomic E-state index is 12.5. The molecule has 2 aromatic carbocycles. The second-order valence-corrected chi connectivity index (χ2v) is 7.72. The third-order valence-electron chi connectivity index (χ3n) is 3.57. The summed E-state index contributed by atoms with van der Waals surface area (Å²) in [4.78, 5) is 12.2. The first kappa shape index (κ1) is 19.3. The van der Waals surface area contributed by atoms with Crippen molar-refractivity contribution in [2.24, 2.45) is 0 Å². The largest absolute Gasteiger partial charge is 0.352 e. The SMILES string of the molecule is CCCCCNC(=O)c1cccc(S(=O)(=O)Nc2ccc(Cl)cc2)c1. The Labute approximate surface area is 153 Å². The van der Waals surface area contributed by atoms with E-state index < -0.39 is 10.0 Å². The van der Waals surface area contributed by atoms with Gasteiger partial charge in [-0.05, 0) is 48.9 Å². The molecule has 7 heteroatoms. The molecule has 0 atom stereocenters. The van der Waals surface area contributed by atoms with Crippen LogP contribution in [0.5, 0.6) is 0 Å². The molecule has 5 nitrogen and oxygen atoms in total. The highest BCUT2D eigenvalue weighted by molar-refractivity contribution is 7.92. The van der Waals surface area contributed by atoms with Crippen LogP contribution < -0.4 is 10.0 Å². The van der Waals surface area contributed by atoms with Crippen molar-refractivity contribution in [3.8, 4) is 0 Å². The van der Waals surface area contributed by atoms with Crippen molar-refractivity contribution in [1.82, 2.24) is 5.32 Å². The van der Waals surface area contributed by atoms with Gasteiger partial charge in [-0.25, -0.2) is 8.42 Å². The quantitative estimate of drug-likeness (QED) is 0.678. The van der Waals surface area contributed by atoms with E-state index in [0.717, 1.165) is 19.3 Å². The van der Waals surface area contributed by atoms with Crippen LogP contribution in [-0.2, 0) is 10.0 Å². The van der Waals surface area contributed by atoms with Crippen molar-refractivity contribution in [3.63, 3.8) is 0 Å². The summed E-state index contributed by atoms with van der Waals surface area (Å²) in [5.41, 5.74) is 0.717. The van der Waals surface area contributed by atoms with Gasteiger partial charge < -0.3 is 5.32 Å². The number of benzene rings is 2. The minimum Gasteiger partial charge on any atom is -0.352 e. The van der Waals surface area contributed by atoms with E-state index >= 15 is 0 Å². The van der Waals surface area contributed by atoms with Crippen LogP contribution in [0.2, 0.25) is 5.02 Å². The number of hydrogen-bond acceptors (Lipinski definition) is 3. The van der Waals surface area contributed by atoms with Crippen LogP contribution in [0.25, 0.3) is 0 Å². The van der Waals surface area contributed by atoms with Crippen LogP contribution in [0.1, 0.15) is 36.5 Å². The maximum atomic E-state index is 12.5. The highest BCUT2D eigenvalue weighted by Gasteiger charge is 2.16. The zero-order valence-electron chi connectivity index (χ0n) is 14.0. The highest BCUT2D eigenvalue weighted by Crippen LogP contribution is 2.19. The molecule has 0 heterocycles. The topological polar surface area (TPSA) is 75.3 Å². The van der Waals surface area contributed by atoms with Gasteiger partial charge in [0.1, 0.15) is 0 Å². The number of carbonyl (C=O) groups excluding carboxylic acids is 1. The zero-order chi connectivity index (χ0) is 18.3. The number of amides is 1. The van der Waals surface area contributed by atoms with Gasteiger partial charge in [0.05, 0.1) is 4.90 Å². The van der Waals surface area contributed by atoms with Gasteiger partial charge in [-0.3, -0.25) is 9.52 Å². The number of sulfonamides is 1. The molecule has 0 saturated carbocycles. The normalized spacial score (nSPS) is 11.1. The van der Waals surface area contributed by atoms with E-state index in [0.29, 0.717) is 22.8 Å². The summed E-state index contributed by atoms with van der Waals surface area (Å²) >= 11 is 5.80. The molecule has 0 saturated heterocycles. The molecule has 0 aliphatic heterocycles. The lowest BCUT2D eigenvalue weighted by molar-refractivity contribution is 0.0952. The average Bonchev–Trinajstić information content (AvgIpc) is 2.60. The monoisotopic (exact) mass is 380 g/mol. The first-order valence-electron chi connectivity index (χ1n) is 8.09. The van der Waals surface area contributed by atoms with Gasteiger partial charge in [0.2, 0.25) is 0 Å². The van der Waals surface area contributed by atoms with Crippen LogP contribution in [0, 0.1) is 0 Å². The number of nitrogens with one attached hydrogen (secondary N) is 2. The van der Waals surface area contributed by atoms with Crippen molar-refractivity contribution in [2.75, 3.05) is 11.3 Å². The minimum atomic E-state index is -3.78. The number of rotatable bonds is 8. The molecular weight excluding hydrogens is 360 g/mol. The van der Waals surface area contributed by atoms with Gasteiger partial charge >= 0.3 is 0 Å². The fourth-order valence-electron chi connectivity index (χ4n) is 2.22. The van der Waals surface area contributed by atoms with Crippen LogP contribution >= 0.6 is 11.6 Å². The summed E-state index contributed by atoms with van der Waals surface area (Å²) in [6.45, 7) is 2.66. The Bertz CT molecular complexity index is 820. The van der Waals surface area contributed by atoms with Crippen molar-refractivity contribution >= 4 is 33.2 Å². The third-order valence-corrected chi connectivity index (χ3v) is 5.20. The number of anilines is 1. The Morgan fingerprint density at radius 2 is 1.80 bits per heavy atom. The summed E-state index contributed by atoms with van der Waals surface area (Å²) in [5, 5.41) is 3.32.